The highest BCUT2D eigenvalue weighted by Crippen LogP contribution is 2.51. The molecule has 4 heteroatoms. The summed E-state index contributed by atoms with van der Waals surface area (Å²) >= 11 is 0. The second-order valence-electron chi connectivity index (χ2n) is 16.6. The van der Waals surface area contributed by atoms with E-state index in [1.54, 1.807) is 0 Å². The molecule has 12 aromatic rings. The van der Waals surface area contributed by atoms with Gasteiger partial charge in [-0.2, -0.15) is 0 Å². The molecule has 0 atom stereocenters. The van der Waals surface area contributed by atoms with E-state index in [4.69, 9.17) is 9.97 Å². The Bertz CT molecular complexity index is 3930. The van der Waals surface area contributed by atoms with E-state index in [-0.39, 0.29) is 0 Å². The van der Waals surface area contributed by atoms with Crippen LogP contribution in [0.5, 0.6) is 0 Å². The van der Waals surface area contributed by atoms with Crippen LogP contribution < -0.4 is 0 Å². The number of rotatable bonds is 7. The van der Waals surface area contributed by atoms with Crippen LogP contribution in [0, 0.1) is 0 Å². The fourth-order valence-electron chi connectivity index (χ4n) is 10.4. The molecule has 0 bridgehead atoms. The van der Waals surface area contributed by atoms with Crippen molar-refractivity contribution in [3.05, 3.63) is 219 Å². The summed E-state index contributed by atoms with van der Waals surface area (Å²) in [4.78, 5) is 10.8. The molecule has 298 valence electrons. The standard InChI is InChI=1S/C60H38N4/c1-3-43-49-34-40(29-31-54(49)63(53(43)4-2)42-22-15-21-39(33-42)37-17-7-5-8-18-37)41-30-32-55-51(35-41)58-48-27-16-26-46-44-23-11-12-24-45(44)50(57(46)48)36-56(58)64(55)60-61-52-28-14-13-25-47(52)59(62-60)38-19-9-6-10-20-38/h3-36H,1-2H2. The number of aromatic nitrogens is 4. The largest absolute Gasteiger partial charge is 0.309 e. The van der Waals surface area contributed by atoms with E-state index < -0.39 is 0 Å². The smallest absolute Gasteiger partial charge is 0.235 e. The maximum atomic E-state index is 5.44. The van der Waals surface area contributed by atoms with Crippen LogP contribution in [0.2, 0.25) is 0 Å². The molecule has 64 heavy (non-hydrogen) atoms. The first-order valence-corrected chi connectivity index (χ1v) is 21.7. The highest BCUT2D eigenvalue weighted by atomic mass is 15.2. The molecule has 0 aliphatic heterocycles. The van der Waals surface area contributed by atoms with Crippen molar-refractivity contribution in [2.75, 3.05) is 0 Å². The Morgan fingerprint density at radius 1 is 0.375 bits per heavy atom. The summed E-state index contributed by atoms with van der Waals surface area (Å²) < 4.78 is 4.59. The summed E-state index contributed by atoms with van der Waals surface area (Å²) in [6.07, 6.45) is 3.91. The van der Waals surface area contributed by atoms with Gasteiger partial charge in [-0.1, -0.05) is 165 Å². The first kappa shape index (κ1) is 36.1. The average Bonchev–Trinajstić information content (AvgIpc) is 3.99. The molecule has 1 aliphatic carbocycles. The summed E-state index contributed by atoms with van der Waals surface area (Å²) in [5.41, 5.74) is 18.9. The second-order valence-corrected chi connectivity index (χ2v) is 16.6. The zero-order chi connectivity index (χ0) is 42.5. The lowest BCUT2D eigenvalue weighted by atomic mass is 9.96. The lowest BCUT2D eigenvalue weighted by Gasteiger charge is -2.12. The van der Waals surface area contributed by atoms with E-state index in [1.165, 1.54) is 44.0 Å². The van der Waals surface area contributed by atoms with Gasteiger partial charge in [0.05, 0.1) is 33.5 Å². The third-order valence-corrected chi connectivity index (χ3v) is 13.2. The Balaban J connectivity index is 1.06. The molecular weight excluding hydrogens is 777 g/mol. The van der Waals surface area contributed by atoms with Gasteiger partial charge in [-0.15, -0.1) is 0 Å². The van der Waals surface area contributed by atoms with E-state index in [0.29, 0.717) is 5.95 Å². The van der Waals surface area contributed by atoms with Gasteiger partial charge in [0.1, 0.15) is 0 Å². The molecule has 13 rings (SSSR count). The molecule has 0 radical (unpaired) electrons. The van der Waals surface area contributed by atoms with Crippen LogP contribution >= 0.6 is 0 Å². The zero-order valence-electron chi connectivity index (χ0n) is 34.8. The fraction of sp³-hybridized carbons (Fsp3) is 0. The van der Waals surface area contributed by atoms with Crippen molar-refractivity contribution in [2.45, 2.75) is 0 Å². The summed E-state index contributed by atoms with van der Waals surface area (Å²) in [5, 5.41) is 7.00. The number of hydrogen-bond donors (Lipinski definition) is 0. The van der Waals surface area contributed by atoms with Crippen LogP contribution in [0.25, 0.3) is 134 Å². The number of fused-ring (bicyclic) bond motifs is 9. The van der Waals surface area contributed by atoms with Gasteiger partial charge in [-0.05, 0) is 110 Å². The number of hydrogen-bond acceptors (Lipinski definition) is 2. The molecule has 0 saturated heterocycles. The van der Waals surface area contributed by atoms with Crippen molar-refractivity contribution in [2.24, 2.45) is 0 Å². The molecule has 4 nitrogen and oxygen atoms in total. The van der Waals surface area contributed by atoms with Gasteiger partial charge < -0.3 is 4.57 Å². The molecule has 0 unspecified atom stereocenters. The molecular formula is C60H38N4. The fourth-order valence-corrected chi connectivity index (χ4v) is 10.4. The average molecular weight is 815 g/mol. The van der Waals surface area contributed by atoms with Crippen LogP contribution in [-0.4, -0.2) is 19.1 Å². The van der Waals surface area contributed by atoms with Gasteiger partial charge in [0.25, 0.3) is 0 Å². The minimum Gasteiger partial charge on any atom is -0.309 e. The van der Waals surface area contributed by atoms with Crippen molar-refractivity contribution < 1.29 is 0 Å². The minimum atomic E-state index is 0.644. The van der Waals surface area contributed by atoms with Gasteiger partial charge in [0.15, 0.2) is 0 Å². The summed E-state index contributed by atoms with van der Waals surface area (Å²) in [7, 11) is 0. The lowest BCUT2D eigenvalue weighted by molar-refractivity contribution is 1.01. The Labute approximate surface area is 370 Å². The second kappa shape index (κ2) is 14.0. The van der Waals surface area contributed by atoms with Crippen LogP contribution in [0.15, 0.2) is 207 Å². The Morgan fingerprint density at radius 3 is 1.75 bits per heavy atom. The summed E-state index contributed by atoms with van der Waals surface area (Å²) in [6, 6.07) is 69.6. The first-order chi connectivity index (χ1) is 31.7. The maximum Gasteiger partial charge on any atom is 0.235 e. The number of para-hydroxylation sites is 1. The normalized spacial score (nSPS) is 11.9. The summed E-state index contributed by atoms with van der Waals surface area (Å²) in [5.74, 6) is 0.644. The number of nitrogens with zero attached hydrogens (tertiary/aromatic N) is 4. The van der Waals surface area contributed by atoms with Gasteiger partial charge in [-0.3, -0.25) is 4.57 Å². The molecule has 0 fully saturated rings. The van der Waals surface area contributed by atoms with Crippen molar-refractivity contribution in [3.8, 4) is 67.4 Å². The molecule has 1 aliphatic rings. The predicted molar refractivity (Wildman–Crippen MR) is 269 cm³/mol. The van der Waals surface area contributed by atoms with E-state index in [0.717, 1.165) is 83.1 Å². The van der Waals surface area contributed by atoms with Crippen LogP contribution in [0.1, 0.15) is 11.3 Å². The van der Waals surface area contributed by atoms with E-state index in [2.05, 4.69) is 210 Å². The van der Waals surface area contributed by atoms with Crippen molar-refractivity contribution in [1.29, 1.82) is 0 Å². The van der Waals surface area contributed by atoms with E-state index in [1.807, 2.05) is 18.2 Å². The molecule has 3 aromatic heterocycles. The summed E-state index contributed by atoms with van der Waals surface area (Å²) in [6.45, 7) is 8.59. The van der Waals surface area contributed by atoms with Crippen LogP contribution in [-0.2, 0) is 0 Å². The molecule has 9 aromatic carbocycles. The quantitative estimate of drug-likeness (QED) is 0.161. The Kier molecular flexibility index (Phi) is 7.87. The van der Waals surface area contributed by atoms with Crippen LogP contribution in [0.3, 0.4) is 0 Å². The van der Waals surface area contributed by atoms with Crippen LogP contribution in [0.4, 0.5) is 0 Å². The molecule has 0 N–H and O–H groups in total. The highest BCUT2D eigenvalue weighted by Gasteiger charge is 2.27. The minimum absolute atomic E-state index is 0.644. The zero-order valence-corrected chi connectivity index (χ0v) is 34.8. The third-order valence-electron chi connectivity index (χ3n) is 13.2. The Morgan fingerprint density at radius 2 is 0.984 bits per heavy atom. The molecule has 3 heterocycles. The lowest BCUT2D eigenvalue weighted by Crippen LogP contribution is -2.03. The van der Waals surface area contributed by atoms with E-state index in [9.17, 15) is 0 Å². The third kappa shape index (κ3) is 5.23. The number of benzene rings is 9. The van der Waals surface area contributed by atoms with Crippen molar-refractivity contribution in [1.82, 2.24) is 19.1 Å². The molecule has 0 amide bonds. The van der Waals surface area contributed by atoms with Gasteiger partial charge in [-0.25, -0.2) is 9.97 Å². The van der Waals surface area contributed by atoms with E-state index >= 15 is 0 Å². The SMILES string of the molecule is C=Cc1c(C=C)n(-c2cccc(-c3ccccc3)c2)c2ccc(-c3ccc4c(c3)c3c5cccc6c5c(cc3n4-c3nc(-c4ccccc4)c4ccccc4n3)-c3ccccc3-6)cc12. The van der Waals surface area contributed by atoms with Crippen molar-refractivity contribution >= 4 is 66.5 Å². The first-order valence-electron chi connectivity index (χ1n) is 21.7. The van der Waals surface area contributed by atoms with Gasteiger partial charge in [0, 0.05) is 38.4 Å². The monoisotopic (exact) mass is 814 g/mol. The van der Waals surface area contributed by atoms with Crippen molar-refractivity contribution in [3.63, 3.8) is 0 Å². The van der Waals surface area contributed by atoms with Gasteiger partial charge in [0.2, 0.25) is 5.95 Å². The Hall–Kier alpha value is -8.60. The van der Waals surface area contributed by atoms with Gasteiger partial charge >= 0.3 is 0 Å². The molecule has 0 spiro atoms. The predicted octanol–water partition coefficient (Wildman–Crippen LogP) is 15.8. The topological polar surface area (TPSA) is 35.6 Å². The highest BCUT2D eigenvalue weighted by molar-refractivity contribution is 6.29. The maximum absolute atomic E-state index is 5.44. The molecule has 0 saturated carbocycles.